The molecular weight excluding hydrogens is 264 g/mol. The Hall–Kier alpha value is -0.170. The van der Waals surface area contributed by atoms with Gasteiger partial charge in [0.05, 0.1) is 12.4 Å². The molecule has 0 spiro atoms. The number of sulfonamides is 1. The Bertz CT molecular complexity index is 325. The van der Waals surface area contributed by atoms with Gasteiger partial charge in [-0.25, -0.2) is 13.1 Å². The number of hydrogen-bond donors (Lipinski definition) is 2. The molecule has 1 rings (SSSR count). The number of rotatable bonds is 9. The standard InChI is InChI=1S/C13H28N2O3S/c1-12(2)5-9-18-10-8-15-19(16,17)11-13-3-6-14-7-4-13/h12-15H,3-11H2,1-2H3. The van der Waals surface area contributed by atoms with Crippen molar-refractivity contribution < 1.29 is 13.2 Å². The van der Waals surface area contributed by atoms with Crippen molar-refractivity contribution in [2.45, 2.75) is 33.1 Å². The highest BCUT2D eigenvalue weighted by Gasteiger charge is 2.20. The second kappa shape index (κ2) is 8.89. The largest absolute Gasteiger partial charge is 0.380 e. The Labute approximate surface area is 117 Å². The first-order valence-electron chi connectivity index (χ1n) is 7.25. The Kier molecular flexibility index (Phi) is 7.90. The molecule has 1 fully saturated rings. The summed E-state index contributed by atoms with van der Waals surface area (Å²) in [7, 11) is -3.14. The molecule has 0 aromatic carbocycles. The Balaban J connectivity index is 2.09. The van der Waals surface area contributed by atoms with E-state index in [1.54, 1.807) is 0 Å². The van der Waals surface area contributed by atoms with Crippen molar-refractivity contribution in [2.24, 2.45) is 11.8 Å². The van der Waals surface area contributed by atoms with Crippen LogP contribution in [0, 0.1) is 11.8 Å². The molecule has 0 radical (unpaired) electrons. The maximum atomic E-state index is 11.9. The van der Waals surface area contributed by atoms with Crippen LogP contribution < -0.4 is 10.0 Å². The minimum Gasteiger partial charge on any atom is -0.380 e. The van der Waals surface area contributed by atoms with Crippen molar-refractivity contribution in [1.29, 1.82) is 0 Å². The summed E-state index contributed by atoms with van der Waals surface area (Å²) < 4.78 is 31.7. The van der Waals surface area contributed by atoms with Crippen molar-refractivity contribution in [2.75, 3.05) is 38.6 Å². The van der Waals surface area contributed by atoms with Crippen LogP contribution in [0.3, 0.4) is 0 Å². The van der Waals surface area contributed by atoms with Crippen LogP contribution in [0.2, 0.25) is 0 Å². The van der Waals surface area contributed by atoms with Gasteiger partial charge in [0.1, 0.15) is 0 Å². The lowest BCUT2D eigenvalue weighted by molar-refractivity contribution is 0.128. The topological polar surface area (TPSA) is 67.4 Å². The summed E-state index contributed by atoms with van der Waals surface area (Å²) in [5.41, 5.74) is 0. The highest BCUT2D eigenvalue weighted by molar-refractivity contribution is 7.89. The molecule has 1 aliphatic rings. The highest BCUT2D eigenvalue weighted by atomic mass is 32.2. The monoisotopic (exact) mass is 292 g/mol. The second-order valence-corrected chi connectivity index (χ2v) is 7.52. The van der Waals surface area contributed by atoms with Gasteiger partial charge in [0.25, 0.3) is 0 Å². The lowest BCUT2D eigenvalue weighted by atomic mass is 10.0. The third-order valence-corrected chi connectivity index (χ3v) is 4.88. The van der Waals surface area contributed by atoms with Crippen LogP contribution in [-0.2, 0) is 14.8 Å². The van der Waals surface area contributed by atoms with Crippen LogP contribution >= 0.6 is 0 Å². The summed E-state index contributed by atoms with van der Waals surface area (Å²) in [5, 5.41) is 3.24. The molecule has 5 nitrogen and oxygen atoms in total. The van der Waals surface area contributed by atoms with Crippen LogP contribution in [0.5, 0.6) is 0 Å². The number of hydrogen-bond acceptors (Lipinski definition) is 4. The van der Waals surface area contributed by atoms with Gasteiger partial charge in [-0.15, -0.1) is 0 Å². The van der Waals surface area contributed by atoms with Gasteiger partial charge in [-0.3, -0.25) is 0 Å². The van der Waals surface area contributed by atoms with E-state index in [2.05, 4.69) is 23.9 Å². The molecule has 0 saturated carbocycles. The van der Waals surface area contributed by atoms with Crippen molar-refractivity contribution in [3.63, 3.8) is 0 Å². The average Bonchev–Trinajstić information content (AvgIpc) is 2.34. The van der Waals surface area contributed by atoms with Gasteiger partial charge in [0, 0.05) is 13.2 Å². The van der Waals surface area contributed by atoms with Crippen molar-refractivity contribution >= 4 is 10.0 Å². The zero-order chi connectivity index (χ0) is 14.1. The van der Waals surface area contributed by atoms with Crippen LogP contribution in [0.1, 0.15) is 33.1 Å². The number of ether oxygens (including phenoxy) is 1. The molecule has 1 heterocycles. The van der Waals surface area contributed by atoms with E-state index in [9.17, 15) is 8.42 Å². The molecule has 0 bridgehead atoms. The SMILES string of the molecule is CC(C)CCOCCNS(=O)(=O)CC1CCNCC1. The molecule has 0 aromatic heterocycles. The molecule has 0 atom stereocenters. The Morgan fingerprint density at radius 2 is 1.95 bits per heavy atom. The third-order valence-electron chi connectivity index (χ3n) is 3.32. The van der Waals surface area contributed by atoms with E-state index in [0.717, 1.165) is 32.4 Å². The molecule has 2 N–H and O–H groups in total. The van der Waals surface area contributed by atoms with E-state index in [-0.39, 0.29) is 5.75 Å². The van der Waals surface area contributed by atoms with Gasteiger partial charge in [-0.05, 0) is 44.2 Å². The highest BCUT2D eigenvalue weighted by Crippen LogP contribution is 2.13. The van der Waals surface area contributed by atoms with Crippen LogP contribution in [-0.4, -0.2) is 47.0 Å². The molecular formula is C13H28N2O3S. The first kappa shape index (κ1) is 16.9. The van der Waals surface area contributed by atoms with Gasteiger partial charge in [0.2, 0.25) is 10.0 Å². The van der Waals surface area contributed by atoms with E-state index >= 15 is 0 Å². The third kappa shape index (κ3) is 8.57. The van der Waals surface area contributed by atoms with Crippen LogP contribution in [0.4, 0.5) is 0 Å². The fourth-order valence-corrected chi connectivity index (χ4v) is 3.57. The lowest BCUT2D eigenvalue weighted by Gasteiger charge is -2.22. The van der Waals surface area contributed by atoms with E-state index in [1.807, 2.05) is 0 Å². The average molecular weight is 292 g/mol. The first-order valence-corrected chi connectivity index (χ1v) is 8.90. The Morgan fingerprint density at radius 3 is 2.58 bits per heavy atom. The molecule has 0 aromatic rings. The summed E-state index contributed by atoms with van der Waals surface area (Å²) in [4.78, 5) is 0. The Morgan fingerprint density at radius 1 is 1.26 bits per heavy atom. The molecule has 1 saturated heterocycles. The second-order valence-electron chi connectivity index (χ2n) is 5.66. The molecule has 114 valence electrons. The first-order chi connectivity index (χ1) is 8.99. The summed E-state index contributed by atoms with van der Waals surface area (Å²) >= 11 is 0. The number of nitrogens with one attached hydrogen (secondary N) is 2. The maximum Gasteiger partial charge on any atom is 0.211 e. The predicted octanol–water partition coefficient (Wildman–Crippen LogP) is 0.968. The number of piperidine rings is 1. The normalized spacial score (nSPS) is 18.1. The van der Waals surface area contributed by atoms with Crippen LogP contribution in [0.15, 0.2) is 0 Å². The molecule has 0 unspecified atom stereocenters. The minimum atomic E-state index is -3.14. The van der Waals surface area contributed by atoms with Crippen LogP contribution in [0.25, 0.3) is 0 Å². The van der Waals surface area contributed by atoms with Gasteiger partial charge in [0.15, 0.2) is 0 Å². The van der Waals surface area contributed by atoms with Crippen molar-refractivity contribution in [3.05, 3.63) is 0 Å². The van der Waals surface area contributed by atoms with Gasteiger partial charge < -0.3 is 10.1 Å². The predicted molar refractivity (Wildman–Crippen MR) is 77.7 cm³/mol. The van der Waals surface area contributed by atoms with Gasteiger partial charge in [-0.2, -0.15) is 0 Å². The molecule has 0 aliphatic carbocycles. The molecule has 6 heteroatoms. The van der Waals surface area contributed by atoms with E-state index in [1.165, 1.54) is 0 Å². The van der Waals surface area contributed by atoms with E-state index < -0.39 is 10.0 Å². The zero-order valence-corrected chi connectivity index (χ0v) is 13.0. The summed E-state index contributed by atoms with van der Waals surface area (Å²) in [6.45, 7) is 7.68. The summed E-state index contributed by atoms with van der Waals surface area (Å²) in [5.74, 6) is 1.16. The fraction of sp³-hybridized carbons (Fsp3) is 1.00. The van der Waals surface area contributed by atoms with Gasteiger partial charge >= 0.3 is 0 Å². The summed E-state index contributed by atoms with van der Waals surface area (Å²) in [6.07, 6.45) is 2.92. The molecule has 0 amide bonds. The lowest BCUT2D eigenvalue weighted by Crippen LogP contribution is -2.36. The van der Waals surface area contributed by atoms with E-state index in [4.69, 9.17) is 4.74 Å². The fourth-order valence-electron chi connectivity index (χ4n) is 2.11. The van der Waals surface area contributed by atoms with E-state index in [0.29, 0.717) is 31.6 Å². The van der Waals surface area contributed by atoms with Crippen molar-refractivity contribution in [3.8, 4) is 0 Å². The van der Waals surface area contributed by atoms with Crippen molar-refractivity contribution in [1.82, 2.24) is 10.0 Å². The molecule has 1 aliphatic heterocycles. The molecule has 19 heavy (non-hydrogen) atoms. The quantitative estimate of drug-likeness (QED) is 0.621. The smallest absolute Gasteiger partial charge is 0.211 e. The van der Waals surface area contributed by atoms with Gasteiger partial charge in [-0.1, -0.05) is 13.8 Å². The summed E-state index contributed by atoms with van der Waals surface area (Å²) in [6, 6.07) is 0. The zero-order valence-electron chi connectivity index (χ0n) is 12.2. The minimum absolute atomic E-state index is 0.251. The maximum absolute atomic E-state index is 11.9.